The molecule has 0 saturated heterocycles. The zero-order chi connectivity index (χ0) is 20.4. The van der Waals surface area contributed by atoms with Crippen LogP contribution in [0.5, 0.6) is 0 Å². The number of hydrogen-bond acceptors (Lipinski definition) is 4. The van der Waals surface area contributed by atoms with E-state index in [1.54, 1.807) is 36.4 Å². The Morgan fingerprint density at radius 1 is 0.966 bits per heavy atom. The van der Waals surface area contributed by atoms with Crippen LogP contribution < -0.4 is 10.6 Å². The van der Waals surface area contributed by atoms with Gasteiger partial charge in [-0.05, 0) is 47.8 Å². The van der Waals surface area contributed by atoms with Crippen LogP contribution in [-0.4, -0.2) is 21.8 Å². The highest BCUT2D eigenvalue weighted by Gasteiger charge is 2.14. The first-order valence-electron chi connectivity index (χ1n) is 8.54. The van der Waals surface area contributed by atoms with Gasteiger partial charge >= 0.3 is 0 Å². The van der Waals surface area contributed by atoms with E-state index in [9.17, 15) is 18.4 Å². The highest BCUT2D eigenvalue weighted by atomic mass is 32.1. The van der Waals surface area contributed by atoms with Crippen molar-refractivity contribution in [3.05, 3.63) is 76.2 Å². The van der Waals surface area contributed by atoms with Crippen LogP contribution in [0.4, 0.5) is 20.2 Å². The van der Waals surface area contributed by atoms with Gasteiger partial charge in [-0.3, -0.25) is 9.59 Å². The summed E-state index contributed by atoms with van der Waals surface area (Å²) in [5.74, 6) is -1.09. The Balaban J connectivity index is 1.49. The first-order valence-corrected chi connectivity index (χ1v) is 9.41. The van der Waals surface area contributed by atoms with Crippen LogP contribution in [-0.2, 0) is 0 Å². The molecule has 0 aliphatic rings. The van der Waals surface area contributed by atoms with E-state index in [4.69, 9.17) is 0 Å². The molecule has 0 aliphatic carbocycles. The van der Waals surface area contributed by atoms with Crippen LogP contribution in [0.3, 0.4) is 0 Å². The molecule has 2 aromatic carbocycles. The maximum absolute atomic E-state index is 12.8. The second-order valence-corrected chi connectivity index (χ2v) is 7.07. The smallest absolute Gasteiger partial charge is 0.295 e. The number of halogens is 2. The number of carbonyl (C=O) groups excluding carboxylic acids is 2. The van der Waals surface area contributed by atoms with Crippen molar-refractivity contribution in [1.29, 1.82) is 0 Å². The monoisotopic (exact) mass is 412 g/mol. The van der Waals surface area contributed by atoms with E-state index in [0.29, 0.717) is 27.3 Å². The number of fused-ring (bicyclic) bond motifs is 1. The average Bonchev–Trinajstić information content (AvgIpc) is 3.37. The summed E-state index contributed by atoms with van der Waals surface area (Å²) < 4.78 is 25.5. The van der Waals surface area contributed by atoms with E-state index >= 15 is 0 Å². The number of amides is 2. The molecular weight excluding hydrogens is 398 g/mol. The van der Waals surface area contributed by atoms with Gasteiger partial charge in [-0.1, -0.05) is 12.1 Å². The molecule has 9 heteroatoms. The number of rotatable bonds is 5. The highest BCUT2D eigenvalue weighted by molar-refractivity contribution is 7.12. The van der Waals surface area contributed by atoms with Crippen LogP contribution in [0.1, 0.15) is 32.3 Å². The second-order valence-electron chi connectivity index (χ2n) is 6.12. The fourth-order valence-electron chi connectivity index (χ4n) is 2.75. The minimum absolute atomic E-state index is 0.233. The predicted molar refractivity (Wildman–Crippen MR) is 108 cm³/mol. The van der Waals surface area contributed by atoms with Gasteiger partial charge in [0.2, 0.25) is 0 Å². The summed E-state index contributed by atoms with van der Waals surface area (Å²) in [6.45, 7) is 0. The molecule has 0 saturated carbocycles. The molecule has 4 rings (SSSR count). The molecule has 2 heterocycles. The number of H-pyrrole nitrogens is 1. The highest BCUT2D eigenvalue weighted by Crippen LogP contribution is 2.22. The van der Waals surface area contributed by atoms with E-state index in [1.807, 2.05) is 5.38 Å². The molecule has 0 radical (unpaired) electrons. The van der Waals surface area contributed by atoms with Gasteiger partial charge in [-0.15, -0.1) is 11.3 Å². The molecule has 2 aromatic heterocycles. The van der Waals surface area contributed by atoms with Crippen molar-refractivity contribution >= 4 is 45.6 Å². The number of anilines is 2. The average molecular weight is 412 g/mol. The summed E-state index contributed by atoms with van der Waals surface area (Å²) in [5, 5.41) is 7.31. The van der Waals surface area contributed by atoms with E-state index in [0.717, 1.165) is 0 Å². The number of aromatic amines is 1. The first kappa shape index (κ1) is 18.8. The summed E-state index contributed by atoms with van der Waals surface area (Å²) >= 11 is 1.33. The third-order valence-electron chi connectivity index (χ3n) is 4.09. The van der Waals surface area contributed by atoms with Gasteiger partial charge in [0, 0.05) is 16.9 Å². The fraction of sp³-hybridized carbons (Fsp3) is 0.0500. The normalized spacial score (nSPS) is 11.0. The number of nitrogens with one attached hydrogen (secondary N) is 3. The van der Waals surface area contributed by atoms with Crippen LogP contribution >= 0.6 is 11.3 Å². The quantitative estimate of drug-likeness (QED) is 0.428. The van der Waals surface area contributed by atoms with Crippen molar-refractivity contribution in [3.8, 4) is 0 Å². The molecule has 3 N–H and O–H groups in total. The van der Waals surface area contributed by atoms with Gasteiger partial charge in [0.1, 0.15) is 0 Å². The van der Waals surface area contributed by atoms with Gasteiger partial charge in [0.05, 0.1) is 15.9 Å². The van der Waals surface area contributed by atoms with Crippen LogP contribution in [0.2, 0.25) is 0 Å². The maximum Gasteiger partial charge on any atom is 0.295 e. The Labute approximate surface area is 167 Å². The van der Waals surface area contributed by atoms with Crippen molar-refractivity contribution in [2.24, 2.45) is 0 Å². The Morgan fingerprint density at radius 3 is 2.41 bits per heavy atom. The molecule has 146 valence electrons. The minimum atomic E-state index is -2.72. The summed E-state index contributed by atoms with van der Waals surface area (Å²) in [4.78, 5) is 31.6. The first-order chi connectivity index (χ1) is 14.0. The third kappa shape index (κ3) is 4.14. The predicted octanol–water partition coefficient (Wildman–Crippen LogP) is 5.07. The molecule has 0 bridgehead atoms. The van der Waals surface area contributed by atoms with Crippen LogP contribution in [0.25, 0.3) is 11.0 Å². The molecule has 4 aromatic rings. The number of thiophene rings is 1. The van der Waals surface area contributed by atoms with Crippen molar-refractivity contribution in [3.63, 3.8) is 0 Å². The summed E-state index contributed by atoms with van der Waals surface area (Å²) in [6, 6.07) is 14.7. The molecule has 2 amide bonds. The number of carbonyl (C=O) groups is 2. The van der Waals surface area contributed by atoms with Crippen LogP contribution in [0, 0.1) is 0 Å². The second kappa shape index (κ2) is 7.80. The molecule has 0 fully saturated rings. The minimum Gasteiger partial charge on any atom is -0.337 e. The van der Waals surface area contributed by atoms with Gasteiger partial charge < -0.3 is 15.6 Å². The van der Waals surface area contributed by atoms with E-state index in [-0.39, 0.29) is 11.5 Å². The largest absolute Gasteiger partial charge is 0.337 e. The number of aromatic nitrogens is 2. The topological polar surface area (TPSA) is 86.9 Å². The van der Waals surface area contributed by atoms with E-state index in [1.165, 1.54) is 29.5 Å². The van der Waals surface area contributed by atoms with Crippen molar-refractivity contribution in [2.75, 3.05) is 10.6 Å². The van der Waals surface area contributed by atoms with Crippen LogP contribution in [0.15, 0.2) is 60.0 Å². The van der Waals surface area contributed by atoms with Crippen molar-refractivity contribution < 1.29 is 18.4 Å². The third-order valence-corrected chi connectivity index (χ3v) is 4.96. The van der Waals surface area contributed by atoms with Crippen molar-refractivity contribution in [2.45, 2.75) is 6.43 Å². The Hall–Kier alpha value is -3.59. The molecular formula is C20H14F2N4O2S. The van der Waals surface area contributed by atoms with Gasteiger partial charge in [0.25, 0.3) is 18.2 Å². The lowest BCUT2D eigenvalue weighted by Crippen LogP contribution is -2.13. The summed E-state index contributed by atoms with van der Waals surface area (Å²) in [6.07, 6.45) is -2.72. The van der Waals surface area contributed by atoms with E-state index in [2.05, 4.69) is 20.6 Å². The lowest BCUT2D eigenvalue weighted by Gasteiger charge is -2.08. The molecule has 29 heavy (non-hydrogen) atoms. The van der Waals surface area contributed by atoms with Crippen molar-refractivity contribution in [1.82, 2.24) is 9.97 Å². The SMILES string of the molecule is O=C(Nc1cccc(NC(=O)c2cccs2)c1)c1ccc2nc(C(F)F)[nH]c2c1. The number of alkyl halides is 2. The zero-order valence-electron chi connectivity index (χ0n) is 14.8. The Bertz CT molecular complexity index is 1190. The summed E-state index contributed by atoms with van der Waals surface area (Å²) in [5.41, 5.74) is 2.01. The molecule has 0 atom stereocenters. The number of hydrogen-bond donors (Lipinski definition) is 3. The summed E-state index contributed by atoms with van der Waals surface area (Å²) in [7, 11) is 0. The fourth-order valence-corrected chi connectivity index (χ4v) is 3.37. The Morgan fingerprint density at radius 2 is 1.72 bits per heavy atom. The van der Waals surface area contributed by atoms with Gasteiger partial charge in [-0.2, -0.15) is 0 Å². The standard InChI is InChI=1S/C20H14F2N4O2S/c21-17(22)18-25-14-7-6-11(9-15(14)26-18)19(27)23-12-3-1-4-13(10-12)24-20(28)16-5-2-8-29-16/h1-10,17H,(H,23,27)(H,24,28)(H,25,26). The van der Waals surface area contributed by atoms with Gasteiger partial charge in [0.15, 0.2) is 5.82 Å². The van der Waals surface area contributed by atoms with E-state index < -0.39 is 18.2 Å². The number of imidazole rings is 1. The number of benzene rings is 2. The Kier molecular flexibility index (Phi) is 5.05. The number of nitrogens with zero attached hydrogens (tertiary/aromatic N) is 1. The lowest BCUT2D eigenvalue weighted by atomic mass is 10.2. The zero-order valence-corrected chi connectivity index (χ0v) is 15.6. The maximum atomic E-state index is 12.8. The lowest BCUT2D eigenvalue weighted by molar-refractivity contribution is 0.102. The molecule has 0 spiro atoms. The van der Waals surface area contributed by atoms with Gasteiger partial charge in [-0.25, -0.2) is 13.8 Å². The molecule has 0 aliphatic heterocycles. The molecule has 0 unspecified atom stereocenters. The molecule has 6 nitrogen and oxygen atoms in total.